The van der Waals surface area contributed by atoms with Crippen LogP contribution in [0.4, 0.5) is 0 Å². The number of carbonyl (C=O) groups excluding carboxylic acids is 2. The molecular weight excluding hydrogens is 887 g/mol. The minimum Gasteiger partial charge on any atom is -0.466 e. The first-order valence-electron chi connectivity index (χ1n) is 32.6. The van der Waals surface area contributed by atoms with Crippen LogP contribution in [0.15, 0.2) is 24.3 Å². The molecule has 72 heavy (non-hydrogen) atoms. The fourth-order valence-electron chi connectivity index (χ4n) is 10.2. The number of aliphatic hydroxyl groups is 2. The van der Waals surface area contributed by atoms with E-state index in [0.29, 0.717) is 25.9 Å². The fraction of sp³-hybridized carbons (Fsp3) is 0.909. The molecular formula is C66H127NO5. The number of ether oxygens (including phenoxy) is 1. The van der Waals surface area contributed by atoms with Crippen molar-refractivity contribution in [3.8, 4) is 0 Å². The molecule has 0 saturated carbocycles. The molecule has 0 aromatic rings. The highest BCUT2D eigenvalue weighted by Crippen LogP contribution is 2.18. The van der Waals surface area contributed by atoms with Crippen LogP contribution < -0.4 is 5.32 Å². The smallest absolute Gasteiger partial charge is 0.305 e. The molecule has 0 bridgehead atoms. The second-order valence-electron chi connectivity index (χ2n) is 22.4. The van der Waals surface area contributed by atoms with Crippen molar-refractivity contribution < 1.29 is 24.5 Å². The van der Waals surface area contributed by atoms with Gasteiger partial charge in [0, 0.05) is 12.8 Å². The monoisotopic (exact) mass is 1010 g/mol. The molecule has 0 aliphatic carbocycles. The molecule has 0 spiro atoms. The number of hydrogen-bond acceptors (Lipinski definition) is 5. The molecule has 0 aliphatic heterocycles. The van der Waals surface area contributed by atoms with Gasteiger partial charge in [-0.2, -0.15) is 0 Å². The van der Waals surface area contributed by atoms with E-state index < -0.39 is 12.1 Å². The number of amides is 1. The van der Waals surface area contributed by atoms with E-state index in [-0.39, 0.29) is 18.5 Å². The minimum absolute atomic E-state index is 0.00946. The van der Waals surface area contributed by atoms with E-state index in [4.69, 9.17) is 4.74 Å². The van der Waals surface area contributed by atoms with Crippen LogP contribution in [0.3, 0.4) is 0 Å². The zero-order valence-corrected chi connectivity index (χ0v) is 48.7. The molecule has 0 aliphatic rings. The topological polar surface area (TPSA) is 95.9 Å². The Hall–Kier alpha value is -1.66. The third kappa shape index (κ3) is 57.6. The largest absolute Gasteiger partial charge is 0.466 e. The fourth-order valence-corrected chi connectivity index (χ4v) is 10.2. The first kappa shape index (κ1) is 70.3. The molecule has 0 aromatic heterocycles. The number of rotatable bonds is 61. The molecule has 0 rings (SSSR count). The highest BCUT2D eigenvalue weighted by atomic mass is 16.5. The Kier molecular flexibility index (Phi) is 60.5. The molecule has 0 radical (unpaired) electrons. The maximum atomic E-state index is 12.5. The first-order chi connectivity index (χ1) is 35.5. The molecule has 6 heteroatoms. The quantitative estimate of drug-likeness (QED) is 0.0320. The van der Waals surface area contributed by atoms with Crippen molar-refractivity contribution in [1.82, 2.24) is 5.32 Å². The second kappa shape index (κ2) is 61.9. The van der Waals surface area contributed by atoms with E-state index in [1.165, 1.54) is 270 Å². The highest BCUT2D eigenvalue weighted by Gasteiger charge is 2.20. The summed E-state index contributed by atoms with van der Waals surface area (Å²) in [5, 5.41) is 23.4. The predicted molar refractivity (Wildman–Crippen MR) is 315 cm³/mol. The lowest BCUT2D eigenvalue weighted by Gasteiger charge is -2.22. The lowest BCUT2D eigenvalue weighted by atomic mass is 10.0. The first-order valence-corrected chi connectivity index (χ1v) is 32.6. The Bertz CT molecular complexity index is 1120. The third-order valence-electron chi connectivity index (χ3n) is 15.2. The molecule has 1 amide bonds. The van der Waals surface area contributed by atoms with Crippen LogP contribution in [0.5, 0.6) is 0 Å². The van der Waals surface area contributed by atoms with Gasteiger partial charge in [-0.15, -0.1) is 0 Å². The Morgan fingerprint density at radius 3 is 0.986 bits per heavy atom. The number of hydrogen-bond donors (Lipinski definition) is 3. The van der Waals surface area contributed by atoms with Gasteiger partial charge in [0.1, 0.15) is 0 Å². The Morgan fingerprint density at radius 2 is 0.653 bits per heavy atom. The summed E-state index contributed by atoms with van der Waals surface area (Å²) in [4.78, 5) is 24.6. The van der Waals surface area contributed by atoms with Crippen LogP contribution in [-0.4, -0.2) is 47.4 Å². The van der Waals surface area contributed by atoms with Crippen LogP contribution in [0.25, 0.3) is 0 Å². The average Bonchev–Trinajstić information content (AvgIpc) is 3.38. The molecule has 0 saturated heterocycles. The van der Waals surface area contributed by atoms with E-state index in [1.54, 1.807) is 0 Å². The second-order valence-corrected chi connectivity index (χ2v) is 22.4. The van der Waals surface area contributed by atoms with Crippen molar-refractivity contribution in [2.45, 2.75) is 373 Å². The molecule has 2 atom stereocenters. The van der Waals surface area contributed by atoms with Gasteiger partial charge in [0.25, 0.3) is 0 Å². The SMILES string of the molecule is CCCCCCC/C=C\CCCCCCCC(=O)OCCCCCCCC/C=C\CCCCCCCCCC(=O)NC(CO)C(O)CCCCCCCCCCCCCCCCCCCCCCCCCC. The lowest BCUT2D eigenvalue weighted by molar-refractivity contribution is -0.143. The van der Waals surface area contributed by atoms with Crippen LogP contribution in [-0.2, 0) is 14.3 Å². The van der Waals surface area contributed by atoms with Gasteiger partial charge in [0.2, 0.25) is 5.91 Å². The van der Waals surface area contributed by atoms with Crippen molar-refractivity contribution in [3.05, 3.63) is 24.3 Å². The van der Waals surface area contributed by atoms with Crippen LogP contribution in [0, 0.1) is 0 Å². The molecule has 3 N–H and O–H groups in total. The van der Waals surface area contributed by atoms with E-state index in [0.717, 1.165) is 57.8 Å². The van der Waals surface area contributed by atoms with E-state index in [2.05, 4.69) is 43.5 Å². The van der Waals surface area contributed by atoms with Gasteiger partial charge in [-0.25, -0.2) is 0 Å². The van der Waals surface area contributed by atoms with Gasteiger partial charge in [-0.3, -0.25) is 9.59 Å². The van der Waals surface area contributed by atoms with Gasteiger partial charge in [-0.05, 0) is 77.0 Å². The zero-order chi connectivity index (χ0) is 52.2. The number of aliphatic hydroxyl groups excluding tert-OH is 2. The van der Waals surface area contributed by atoms with Gasteiger partial charge in [0.05, 0.1) is 25.4 Å². The molecule has 0 fully saturated rings. The summed E-state index contributed by atoms with van der Waals surface area (Å²) in [7, 11) is 0. The Balaban J connectivity index is 3.45. The van der Waals surface area contributed by atoms with Crippen LogP contribution in [0.1, 0.15) is 361 Å². The zero-order valence-electron chi connectivity index (χ0n) is 48.7. The normalized spacial score (nSPS) is 12.7. The summed E-state index contributed by atoms with van der Waals surface area (Å²) in [6.45, 7) is 4.95. The van der Waals surface area contributed by atoms with Crippen molar-refractivity contribution in [2.24, 2.45) is 0 Å². The molecule has 2 unspecified atom stereocenters. The van der Waals surface area contributed by atoms with E-state index in [1.807, 2.05) is 0 Å². The summed E-state index contributed by atoms with van der Waals surface area (Å²) in [5.41, 5.74) is 0. The van der Waals surface area contributed by atoms with Crippen molar-refractivity contribution in [2.75, 3.05) is 13.2 Å². The summed E-state index contributed by atoms with van der Waals surface area (Å²) in [6.07, 6.45) is 76.2. The number of esters is 1. The Morgan fingerprint density at radius 1 is 0.375 bits per heavy atom. The maximum absolute atomic E-state index is 12.5. The van der Waals surface area contributed by atoms with Gasteiger partial charge < -0.3 is 20.3 Å². The summed E-state index contributed by atoms with van der Waals surface area (Å²) in [6, 6.07) is -0.552. The van der Waals surface area contributed by atoms with Crippen molar-refractivity contribution >= 4 is 11.9 Å². The summed E-state index contributed by atoms with van der Waals surface area (Å²) >= 11 is 0. The Labute approximate surface area is 450 Å². The number of carbonyl (C=O) groups is 2. The van der Waals surface area contributed by atoms with E-state index >= 15 is 0 Å². The standard InChI is InChI=1S/C66H127NO5/c1-3-5-7-9-11-13-15-17-19-20-21-22-23-24-25-26-28-31-34-38-42-46-50-54-58-64(69)63(62-68)67-65(70)59-55-51-47-43-39-35-32-29-27-30-33-37-41-45-49-53-57-61-72-66(71)60-56-52-48-44-40-36-18-16-14-12-10-8-6-4-2/h16,18,27,30,63-64,68-69H,3-15,17,19-26,28-29,31-62H2,1-2H3,(H,67,70)/b18-16-,30-27-. The van der Waals surface area contributed by atoms with Gasteiger partial charge in [0.15, 0.2) is 0 Å². The molecule has 426 valence electrons. The summed E-state index contributed by atoms with van der Waals surface area (Å²) < 4.78 is 5.47. The lowest BCUT2D eigenvalue weighted by Crippen LogP contribution is -2.45. The molecule has 0 heterocycles. The van der Waals surface area contributed by atoms with Crippen LogP contribution in [0.2, 0.25) is 0 Å². The van der Waals surface area contributed by atoms with Gasteiger partial charge in [-0.1, -0.05) is 295 Å². The predicted octanol–water partition coefficient (Wildman–Crippen LogP) is 20.6. The molecule has 6 nitrogen and oxygen atoms in total. The summed E-state index contributed by atoms with van der Waals surface area (Å²) in [5.74, 6) is -0.0528. The minimum atomic E-state index is -0.674. The number of nitrogens with one attached hydrogen (secondary N) is 1. The number of allylic oxidation sites excluding steroid dienone is 4. The highest BCUT2D eigenvalue weighted by molar-refractivity contribution is 5.76. The maximum Gasteiger partial charge on any atom is 0.305 e. The molecule has 0 aromatic carbocycles. The average molecular weight is 1010 g/mol. The number of unbranched alkanes of at least 4 members (excludes halogenated alkanes) is 46. The third-order valence-corrected chi connectivity index (χ3v) is 15.2. The van der Waals surface area contributed by atoms with Crippen molar-refractivity contribution in [3.63, 3.8) is 0 Å². The van der Waals surface area contributed by atoms with Gasteiger partial charge >= 0.3 is 5.97 Å². The van der Waals surface area contributed by atoms with E-state index in [9.17, 15) is 19.8 Å². The van der Waals surface area contributed by atoms with Crippen molar-refractivity contribution in [1.29, 1.82) is 0 Å². The van der Waals surface area contributed by atoms with Crippen LogP contribution >= 0.6 is 0 Å².